The van der Waals surface area contributed by atoms with Gasteiger partial charge in [-0.1, -0.05) is 24.3 Å². The molecule has 1 aliphatic rings. The summed E-state index contributed by atoms with van der Waals surface area (Å²) in [6.07, 6.45) is -0.276. The number of benzene rings is 2. The molecule has 0 aromatic heterocycles. The van der Waals surface area contributed by atoms with Crippen molar-refractivity contribution in [2.45, 2.75) is 12.1 Å². The molecule has 1 heterocycles. The molecule has 126 valence electrons. The molecule has 2 aromatic carbocycles. The number of primary amides is 1. The van der Waals surface area contributed by atoms with Crippen LogP contribution >= 0.6 is 0 Å². The van der Waals surface area contributed by atoms with E-state index in [9.17, 15) is 13.6 Å². The molecule has 1 saturated heterocycles. The first-order chi connectivity index (χ1) is 11.5. The number of carbonyl (C=O) groups is 1. The zero-order valence-electron chi connectivity index (χ0n) is 13.0. The fourth-order valence-corrected chi connectivity index (χ4v) is 2.98. The van der Waals surface area contributed by atoms with Crippen LogP contribution in [0.5, 0.6) is 0 Å². The molecule has 0 spiro atoms. The normalized spacial score (nSPS) is 19.8. The molecule has 2 atom stereocenters. The number of hydrogen-bond donors (Lipinski definition) is 1. The predicted molar refractivity (Wildman–Crippen MR) is 85.0 cm³/mol. The van der Waals surface area contributed by atoms with Crippen LogP contribution in [-0.2, 0) is 9.53 Å². The molecule has 2 unspecified atom stereocenters. The van der Waals surface area contributed by atoms with E-state index >= 15 is 0 Å². The van der Waals surface area contributed by atoms with Crippen LogP contribution in [-0.4, -0.2) is 30.5 Å². The highest BCUT2D eigenvalue weighted by molar-refractivity contribution is 5.81. The Bertz CT molecular complexity index is 704. The molecule has 1 amide bonds. The van der Waals surface area contributed by atoms with Gasteiger partial charge in [-0.2, -0.15) is 0 Å². The van der Waals surface area contributed by atoms with Gasteiger partial charge in [0.05, 0.1) is 12.7 Å². The molecule has 6 heteroatoms. The Morgan fingerprint density at radius 2 is 1.67 bits per heavy atom. The summed E-state index contributed by atoms with van der Waals surface area (Å²) in [5.41, 5.74) is 7.06. The first-order valence-electron chi connectivity index (χ1n) is 7.70. The average molecular weight is 332 g/mol. The van der Waals surface area contributed by atoms with Gasteiger partial charge in [0.25, 0.3) is 0 Å². The van der Waals surface area contributed by atoms with E-state index in [4.69, 9.17) is 10.5 Å². The van der Waals surface area contributed by atoms with Crippen molar-refractivity contribution in [3.05, 3.63) is 71.3 Å². The minimum atomic E-state index is -0.655. The van der Waals surface area contributed by atoms with Gasteiger partial charge >= 0.3 is 0 Å². The zero-order valence-corrected chi connectivity index (χ0v) is 13.0. The summed E-state index contributed by atoms with van der Waals surface area (Å²) in [5.74, 6) is -1.18. The van der Waals surface area contributed by atoms with E-state index in [-0.39, 0.29) is 17.7 Å². The molecule has 0 radical (unpaired) electrons. The Morgan fingerprint density at radius 3 is 2.25 bits per heavy atom. The van der Waals surface area contributed by atoms with Crippen LogP contribution in [0.25, 0.3) is 0 Å². The molecule has 4 nitrogen and oxygen atoms in total. The summed E-state index contributed by atoms with van der Waals surface area (Å²) in [7, 11) is 0. The lowest BCUT2D eigenvalue weighted by Gasteiger charge is -2.37. The summed E-state index contributed by atoms with van der Waals surface area (Å²) < 4.78 is 31.9. The van der Waals surface area contributed by atoms with Crippen LogP contribution in [0.3, 0.4) is 0 Å². The third-order valence-corrected chi connectivity index (χ3v) is 4.16. The second-order valence-corrected chi connectivity index (χ2v) is 5.76. The maximum absolute atomic E-state index is 13.1. The molecule has 24 heavy (non-hydrogen) atoms. The third-order valence-electron chi connectivity index (χ3n) is 4.16. The van der Waals surface area contributed by atoms with Crippen LogP contribution in [0.4, 0.5) is 8.78 Å². The van der Waals surface area contributed by atoms with Crippen LogP contribution in [0, 0.1) is 11.6 Å². The van der Waals surface area contributed by atoms with Gasteiger partial charge in [-0.05, 0) is 35.4 Å². The smallest absolute Gasteiger partial charge is 0.239 e. The highest BCUT2D eigenvalue weighted by Gasteiger charge is 2.31. The third kappa shape index (κ3) is 3.60. The number of nitrogens with two attached hydrogens (primary N) is 1. The quantitative estimate of drug-likeness (QED) is 0.936. The Balaban J connectivity index is 1.82. The van der Waals surface area contributed by atoms with Gasteiger partial charge in [-0.3, -0.25) is 9.69 Å². The predicted octanol–water partition coefficient (Wildman–Crippen LogP) is 2.56. The number of carbonyl (C=O) groups excluding carboxylic acids is 1. The highest BCUT2D eigenvalue weighted by Crippen LogP contribution is 2.29. The topological polar surface area (TPSA) is 55.6 Å². The number of ether oxygens (including phenoxy) is 1. The van der Waals surface area contributed by atoms with E-state index in [1.54, 1.807) is 24.3 Å². The van der Waals surface area contributed by atoms with Crippen molar-refractivity contribution in [3.8, 4) is 0 Å². The van der Waals surface area contributed by atoms with Gasteiger partial charge < -0.3 is 10.5 Å². The average Bonchev–Trinajstić information content (AvgIpc) is 2.57. The van der Waals surface area contributed by atoms with Crippen molar-refractivity contribution in [1.29, 1.82) is 0 Å². The Morgan fingerprint density at radius 1 is 1.08 bits per heavy atom. The summed E-state index contributed by atoms with van der Waals surface area (Å²) >= 11 is 0. The molecule has 1 fully saturated rings. The maximum atomic E-state index is 13.1. The van der Waals surface area contributed by atoms with Crippen LogP contribution in [0.15, 0.2) is 48.5 Å². The molecule has 1 aliphatic heterocycles. The van der Waals surface area contributed by atoms with E-state index in [0.29, 0.717) is 25.3 Å². The fraction of sp³-hybridized carbons (Fsp3) is 0.278. The lowest BCUT2D eigenvalue weighted by atomic mass is 10.0. The molecular weight excluding hydrogens is 314 g/mol. The van der Waals surface area contributed by atoms with Crippen molar-refractivity contribution in [1.82, 2.24) is 4.90 Å². The monoisotopic (exact) mass is 332 g/mol. The van der Waals surface area contributed by atoms with E-state index in [1.165, 1.54) is 24.3 Å². The van der Waals surface area contributed by atoms with E-state index in [1.807, 2.05) is 4.90 Å². The molecule has 2 N–H and O–H groups in total. The molecular formula is C18H18F2N2O2. The van der Waals surface area contributed by atoms with Crippen LogP contribution in [0.1, 0.15) is 23.3 Å². The van der Waals surface area contributed by atoms with E-state index in [0.717, 1.165) is 5.56 Å². The van der Waals surface area contributed by atoms with Gasteiger partial charge in [0.15, 0.2) is 0 Å². The number of amides is 1. The van der Waals surface area contributed by atoms with Crippen molar-refractivity contribution >= 4 is 5.91 Å². The second kappa shape index (κ2) is 7.07. The number of nitrogens with zero attached hydrogens (tertiary/aromatic N) is 1. The first-order valence-corrected chi connectivity index (χ1v) is 7.70. The Hall–Kier alpha value is -2.31. The number of hydrogen-bond acceptors (Lipinski definition) is 3. The number of morpholine rings is 1. The summed E-state index contributed by atoms with van der Waals surface area (Å²) in [6.45, 7) is 1.40. The van der Waals surface area contributed by atoms with Crippen molar-refractivity contribution in [3.63, 3.8) is 0 Å². The largest absolute Gasteiger partial charge is 0.371 e. The summed E-state index contributed by atoms with van der Waals surface area (Å²) in [4.78, 5) is 13.9. The Kier molecular flexibility index (Phi) is 4.87. The standard InChI is InChI=1S/C18H18F2N2O2/c19-14-5-1-12(2-6-14)16-11-22(9-10-24-16)17(18(21)23)13-3-7-15(20)8-4-13/h1-8,16-17H,9-11H2,(H2,21,23). The molecule has 0 bridgehead atoms. The number of halogens is 2. The summed E-state index contributed by atoms with van der Waals surface area (Å²) in [5, 5.41) is 0. The maximum Gasteiger partial charge on any atom is 0.239 e. The molecule has 0 aliphatic carbocycles. The lowest BCUT2D eigenvalue weighted by molar-refractivity contribution is -0.127. The second-order valence-electron chi connectivity index (χ2n) is 5.76. The minimum absolute atomic E-state index is 0.276. The molecule has 0 saturated carbocycles. The van der Waals surface area contributed by atoms with Crippen LogP contribution < -0.4 is 5.73 Å². The number of rotatable bonds is 4. The van der Waals surface area contributed by atoms with Gasteiger partial charge in [0.2, 0.25) is 5.91 Å². The first kappa shape index (κ1) is 16.5. The van der Waals surface area contributed by atoms with Crippen molar-refractivity contribution in [2.75, 3.05) is 19.7 Å². The Labute approximate surface area is 138 Å². The van der Waals surface area contributed by atoms with Crippen molar-refractivity contribution in [2.24, 2.45) is 5.73 Å². The lowest BCUT2D eigenvalue weighted by Crippen LogP contribution is -2.45. The zero-order chi connectivity index (χ0) is 17.1. The van der Waals surface area contributed by atoms with E-state index < -0.39 is 11.9 Å². The highest BCUT2D eigenvalue weighted by atomic mass is 19.1. The SMILES string of the molecule is NC(=O)C(c1ccc(F)cc1)N1CCOC(c2ccc(F)cc2)C1. The summed E-state index contributed by atoms with van der Waals surface area (Å²) in [6, 6.07) is 11.2. The van der Waals surface area contributed by atoms with Crippen molar-refractivity contribution < 1.29 is 18.3 Å². The fourth-order valence-electron chi connectivity index (χ4n) is 2.98. The molecule has 3 rings (SSSR count). The van der Waals surface area contributed by atoms with E-state index in [2.05, 4.69) is 0 Å². The van der Waals surface area contributed by atoms with Crippen LogP contribution in [0.2, 0.25) is 0 Å². The molecule has 2 aromatic rings. The van der Waals surface area contributed by atoms with Gasteiger partial charge in [0.1, 0.15) is 17.7 Å². The minimum Gasteiger partial charge on any atom is -0.371 e. The van der Waals surface area contributed by atoms with Gasteiger partial charge in [-0.15, -0.1) is 0 Å². The van der Waals surface area contributed by atoms with Gasteiger partial charge in [0, 0.05) is 13.1 Å². The van der Waals surface area contributed by atoms with Gasteiger partial charge in [-0.25, -0.2) is 8.78 Å².